The predicted octanol–water partition coefficient (Wildman–Crippen LogP) is 3.87. The molecule has 7 nitrogen and oxygen atoms in total. The van der Waals surface area contributed by atoms with Crippen LogP contribution in [0.25, 0.3) is 11.4 Å². The van der Waals surface area contributed by atoms with Crippen molar-refractivity contribution in [3.05, 3.63) is 60.0 Å². The first kappa shape index (κ1) is 20.9. The summed E-state index contributed by atoms with van der Waals surface area (Å²) in [4.78, 5) is 19.1. The van der Waals surface area contributed by atoms with Crippen molar-refractivity contribution in [3.8, 4) is 17.1 Å². The number of rotatable bonds is 6. The lowest BCUT2D eigenvalue weighted by molar-refractivity contribution is -0.121. The van der Waals surface area contributed by atoms with Gasteiger partial charge in [0.15, 0.2) is 0 Å². The van der Waals surface area contributed by atoms with Crippen LogP contribution in [0.4, 0.5) is 14.5 Å². The van der Waals surface area contributed by atoms with Gasteiger partial charge in [0.2, 0.25) is 17.6 Å². The Morgan fingerprint density at radius 3 is 2.81 bits per heavy atom. The number of aromatic nitrogens is 2. The molecule has 0 spiro atoms. The Labute approximate surface area is 178 Å². The second kappa shape index (κ2) is 9.22. The fraction of sp³-hybridized carbons (Fsp3) is 0.318. The summed E-state index contributed by atoms with van der Waals surface area (Å²) in [5.41, 5.74) is 0.789. The van der Waals surface area contributed by atoms with Crippen LogP contribution in [0, 0.1) is 17.6 Å². The zero-order chi connectivity index (χ0) is 21.8. The number of amides is 1. The molecule has 1 fully saturated rings. The zero-order valence-corrected chi connectivity index (χ0v) is 17.0. The number of benzene rings is 2. The van der Waals surface area contributed by atoms with Crippen molar-refractivity contribution in [2.75, 3.05) is 25.5 Å². The minimum absolute atomic E-state index is 0.0236. The van der Waals surface area contributed by atoms with E-state index in [0.29, 0.717) is 31.2 Å². The molecule has 3 aromatic rings. The number of likely N-dealkylation sites (tertiary alicyclic amines) is 1. The maximum Gasteiger partial charge on any atom is 0.241 e. The molecule has 0 radical (unpaired) electrons. The number of methoxy groups -OCH3 is 1. The van der Waals surface area contributed by atoms with Gasteiger partial charge in [-0.1, -0.05) is 5.16 Å². The van der Waals surface area contributed by atoms with E-state index in [-0.39, 0.29) is 17.5 Å². The fourth-order valence-corrected chi connectivity index (χ4v) is 3.61. The van der Waals surface area contributed by atoms with E-state index in [1.165, 1.54) is 6.07 Å². The monoisotopic (exact) mass is 428 g/mol. The largest absolute Gasteiger partial charge is 0.497 e. The lowest BCUT2D eigenvalue weighted by Gasteiger charge is -2.30. The molecule has 1 N–H and O–H groups in total. The molecule has 0 bridgehead atoms. The molecule has 4 rings (SSSR count). The number of halogens is 2. The highest BCUT2D eigenvalue weighted by atomic mass is 19.1. The van der Waals surface area contributed by atoms with E-state index >= 15 is 0 Å². The summed E-state index contributed by atoms with van der Waals surface area (Å²) in [5.74, 6) is -0.412. The standard InChI is InChI=1S/C22H22F2N4O3/c1-30-17-7-4-14(5-8-17)21-26-20(31-27-21)13-28-10-2-3-15(12-28)22(29)25-19-9-6-16(23)11-18(19)24/h4-9,11,15H,2-3,10,12-13H2,1H3,(H,25,29). The third-order valence-corrected chi connectivity index (χ3v) is 5.24. The Morgan fingerprint density at radius 2 is 2.06 bits per heavy atom. The Morgan fingerprint density at radius 1 is 1.26 bits per heavy atom. The minimum atomic E-state index is -0.794. The Hall–Kier alpha value is -3.33. The Bertz CT molecular complexity index is 1060. The number of nitrogens with zero attached hydrogens (tertiary/aromatic N) is 3. The normalized spacial score (nSPS) is 16.8. The van der Waals surface area contributed by atoms with Gasteiger partial charge >= 0.3 is 0 Å². The molecule has 31 heavy (non-hydrogen) atoms. The molecule has 1 unspecified atom stereocenters. The van der Waals surface area contributed by atoms with Gasteiger partial charge < -0.3 is 14.6 Å². The van der Waals surface area contributed by atoms with E-state index in [4.69, 9.17) is 9.26 Å². The number of hydrogen-bond acceptors (Lipinski definition) is 6. The Balaban J connectivity index is 1.36. The summed E-state index contributed by atoms with van der Waals surface area (Å²) < 4.78 is 37.4. The van der Waals surface area contributed by atoms with Crippen molar-refractivity contribution in [2.45, 2.75) is 19.4 Å². The van der Waals surface area contributed by atoms with Crippen LogP contribution in [-0.2, 0) is 11.3 Å². The van der Waals surface area contributed by atoms with Gasteiger partial charge in [0, 0.05) is 18.2 Å². The zero-order valence-electron chi connectivity index (χ0n) is 17.0. The maximum atomic E-state index is 13.8. The summed E-state index contributed by atoms with van der Waals surface area (Å²) in [6, 6.07) is 10.4. The van der Waals surface area contributed by atoms with Crippen LogP contribution in [-0.4, -0.2) is 41.1 Å². The molecule has 9 heteroatoms. The second-order valence-electron chi connectivity index (χ2n) is 7.43. The average Bonchev–Trinajstić information content (AvgIpc) is 3.24. The highest BCUT2D eigenvalue weighted by Crippen LogP contribution is 2.23. The molecule has 0 aliphatic carbocycles. The summed E-state index contributed by atoms with van der Waals surface area (Å²) in [5, 5.41) is 6.59. The number of piperidine rings is 1. The molecular weight excluding hydrogens is 406 g/mol. The van der Waals surface area contributed by atoms with Gasteiger partial charge in [-0.05, 0) is 55.8 Å². The maximum absolute atomic E-state index is 13.8. The van der Waals surface area contributed by atoms with Gasteiger partial charge in [-0.25, -0.2) is 8.78 Å². The molecule has 1 amide bonds. The number of ether oxygens (including phenoxy) is 1. The van der Waals surface area contributed by atoms with Gasteiger partial charge in [0.25, 0.3) is 0 Å². The second-order valence-corrected chi connectivity index (χ2v) is 7.43. The molecular formula is C22H22F2N4O3. The molecule has 0 saturated carbocycles. The summed E-state index contributed by atoms with van der Waals surface area (Å²) >= 11 is 0. The molecule has 2 heterocycles. The summed E-state index contributed by atoms with van der Waals surface area (Å²) in [7, 11) is 1.60. The predicted molar refractivity (Wildman–Crippen MR) is 109 cm³/mol. The summed E-state index contributed by atoms with van der Waals surface area (Å²) in [6.45, 7) is 1.68. The molecule has 2 aromatic carbocycles. The van der Waals surface area contributed by atoms with Gasteiger partial charge in [-0.2, -0.15) is 4.98 Å². The van der Waals surface area contributed by atoms with Crippen molar-refractivity contribution in [3.63, 3.8) is 0 Å². The smallest absolute Gasteiger partial charge is 0.241 e. The lowest BCUT2D eigenvalue weighted by Crippen LogP contribution is -2.40. The van der Waals surface area contributed by atoms with Crippen molar-refractivity contribution in [1.82, 2.24) is 15.0 Å². The van der Waals surface area contributed by atoms with Gasteiger partial charge in [0.05, 0.1) is 25.3 Å². The van der Waals surface area contributed by atoms with Gasteiger partial charge in [-0.3, -0.25) is 9.69 Å². The number of carbonyl (C=O) groups is 1. The van der Waals surface area contributed by atoms with Crippen molar-refractivity contribution >= 4 is 11.6 Å². The van der Waals surface area contributed by atoms with Crippen molar-refractivity contribution < 1.29 is 22.8 Å². The summed E-state index contributed by atoms with van der Waals surface area (Å²) in [6.07, 6.45) is 1.50. The third-order valence-electron chi connectivity index (χ3n) is 5.24. The number of anilines is 1. The highest BCUT2D eigenvalue weighted by Gasteiger charge is 2.27. The van der Waals surface area contributed by atoms with E-state index in [1.807, 2.05) is 24.3 Å². The lowest BCUT2D eigenvalue weighted by atomic mass is 9.97. The first-order valence-corrected chi connectivity index (χ1v) is 9.97. The van der Waals surface area contributed by atoms with Crippen LogP contribution >= 0.6 is 0 Å². The molecule has 162 valence electrons. The van der Waals surface area contributed by atoms with Gasteiger partial charge in [0.1, 0.15) is 17.4 Å². The molecule has 1 aromatic heterocycles. The SMILES string of the molecule is COc1ccc(-c2noc(CN3CCCC(C(=O)Nc4ccc(F)cc4F)C3)n2)cc1. The minimum Gasteiger partial charge on any atom is -0.497 e. The topological polar surface area (TPSA) is 80.5 Å². The van der Waals surface area contributed by atoms with Crippen molar-refractivity contribution in [2.24, 2.45) is 5.92 Å². The van der Waals surface area contributed by atoms with E-state index in [2.05, 4.69) is 20.4 Å². The van der Waals surface area contributed by atoms with Crippen LogP contribution in [0.5, 0.6) is 5.75 Å². The number of carbonyl (C=O) groups excluding carboxylic acids is 1. The van der Waals surface area contributed by atoms with E-state index in [0.717, 1.165) is 36.4 Å². The van der Waals surface area contributed by atoms with Gasteiger partial charge in [-0.15, -0.1) is 0 Å². The number of hydrogen-bond donors (Lipinski definition) is 1. The van der Waals surface area contributed by atoms with Crippen molar-refractivity contribution in [1.29, 1.82) is 0 Å². The Kier molecular flexibility index (Phi) is 6.22. The molecule has 1 atom stereocenters. The van der Waals surface area contributed by atoms with Crippen LogP contribution in [0.15, 0.2) is 47.0 Å². The molecule has 1 aliphatic heterocycles. The first-order chi connectivity index (χ1) is 15.0. The first-order valence-electron chi connectivity index (χ1n) is 9.97. The molecule has 1 aliphatic rings. The number of nitrogens with one attached hydrogen (secondary N) is 1. The highest BCUT2D eigenvalue weighted by molar-refractivity contribution is 5.92. The van der Waals surface area contributed by atoms with Crippen LogP contribution in [0.1, 0.15) is 18.7 Å². The third kappa shape index (κ3) is 5.05. The fourth-order valence-electron chi connectivity index (χ4n) is 3.61. The van der Waals surface area contributed by atoms with E-state index < -0.39 is 11.6 Å². The quantitative estimate of drug-likeness (QED) is 0.642. The van der Waals surface area contributed by atoms with E-state index in [1.54, 1.807) is 7.11 Å². The molecule has 1 saturated heterocycles. The average molecular weight is 428 g/mol. The van der Waals surface area contributed by atoms with Crippen LogP contribution in [0.2, 0.25) is 0 Å². The van der Waals surface area contributed by atoms with Crippen LogP contribution in [0.3, 0.4) is 0 Å². The van der Waals surface area contributed by atoms with E-state index in [9.17, 15) is 13.6 Å². The van der Waals surface area contributed by atoms with Crippen LogP contribution < -0.4 is 10.1 Å².